The number of carbonyl (C=O) groups excluding carboxylic acids is 2. The fourth-order valence-corrected chi connectivity index (χ4v) is 4.67. The Balaban J connectivity index is 2.19. The minimum Gasteiger partial charge on any atom is -0.508 e. The average Bonchev–Trinajstić information content (AvgIpc) is 3.03. The molecule has 2 aliphatic rings. The summed E-state index contributed by atoms with van der Waals surface area (Å²) in [6.07, 6.45) is 0.207. The standard InChI is InChI=1S/C20H26N2O5/c1-10(2)9-20(19(26)27)15-14(17(24)22(11(3)4)18(15)25)16(21-20)12-7-5-6-8-13(12)23/h5-8,10-11,14-16,21,23H,9H2,1-4H3,(H,26,27)/t14-,15-,16+,20-/m0/s1. The first-order valence-corrected chi connectivity index (χ1v) is 9.27. The number of nitrogens with zero attached hydrogens (tertiary/aromatic N) is 1. The van der Waals surface area contributed by atoms with Gasteiger partial charge in [0.25, 0.3) is 0 Å². The first-order valence-electron chi connectivity index (χ1n) is 9.27. The minimum atomic E-state index is -1.55. The van der Waals surface area contributed by atoms with Gasteiger partial charge >= 0.3 is 5.97 Å². The van der Waals surface area contributed by atoms with Gasteiger partial charge in [0.2, 0.25) is 11.8 Å². The minimum absolute atomic E-state index is 0.00614. The lowest BCUT2D eigenvalue weighted by atomic mass is 9.75. The molecule has 0 aliphatic carbocycles. The summed E-state index contributed by atoms with van der Waals surface area (Å²) in [6.45, 7) is 7.25. The Morgan fingerprint density at radius 2 is 1.81 bits per heavy atom. The van der Waals surface area contributed by atoms with Gasteiger partial charge in [0.15, 0.2) is 0 Å². The summed E-state index contributed by atoms with van der Waals surface area (Å²) in [4.78, 5) is 39.8. The maximum Gasteiger partial charge on any atom is 0.324 e. The Hall–Kier alpha value is -2.41. The van der Waals surface area contributed by atoms with Gasteiger partial charge in [0.05, 0.1) is 11.8 Å². The van der Waals surface area contributed by atoms with Crippen LogP contribution in [0.15, 0.2) is 24.3 Å². The monoisotopic (exact) mass is 374 g/mol. The number of aromatic hydroxyl groups is 1. The van der Waals surface area contributed by atoms with Crippen LogP contribution >= 0.6 is 0 Å². The maximum absolute atomic E-state index is 13.1. The number of hydrogen-bond acceptors (Lipinski definition) is 5. The van der Waals surface area contributed by atoms with Crippen LogP contribution in [0.25, 0.3) is 0 Å². The van der Waals surface area contributed by atoms with Crippen LogP contribution in [0.4, 0.5) is 0 Å². The summed E-state index contributed by atoms with van der Waals surface area (Å²) in [5, 5.41) is 23.5. The van der Waals surface area contributed by atoms with Crippen LogP contribution in [0.2, 0.25) is 0 Å². The van der Waals surface area contributed by atoms with E-state index in [2.05, 4.69) is 5.32 Å². The van der Waals surface area contributed by atoms with Gasteiger partial charge in [-0.15, -0.1) is 0 Å². The van der Waals surface area contributed by atoms with Crippen LogP contribution in [-0.4, -0.2) is 44.5 Å². The quantitative estimate of drug-likeness (QED) is 0.680. The number of imide groups is 1. The van der Waals surface area contributed by atoms with Crippen LogP contribution in [-0.2, 0) is 14.4 Å². The molecule has 27 heavy (non-hydrogen) atoms. The molecule has 1 aromatic carbocycles. The summed E-state index contributed by atoms with van der Waals surface area (Å²) >= 11 is 0. The van der Waals surface area contributed by atoms with Gasteiger partial charge in [-0.1, -0.05) is 32.0 Å². The molecule has 0 aromatic heterocycles. The van der Waals surface area contributed by atoms with Crippen molar-refractivity contribution in [1.82, 2.24) is 10.2 Å². The zero-order valence-electron chi connectivity index (χ0n) is 16.0. The number of hydrogen-bond donors (Lipinski definition) is 3. The predicted octanol–water partition coefficient (Wildman–Crippen LogP) is 1.92. The maximum atomic E-state index is 13.1. The highest BCUT2D eigenvalue weighted by atomic mass is 16.4. The third kappa shape index (κ3) is 2.81. The van der Waals surface area contributed by atoms with Crippen LogP contribution in [0.3, 0.4) is 0 Å². The zero-order valence-corrected chi connectivity index (χ0v) is 16.0. The fourth-order valence-electron chi connectivity index (χ4n) is 4.67. The number of carbonyl (C=O) groups is 3. The first kappa shape index (κ1) is 19.4. The lowest BCUT2D eigenvalue weighted by molar-refractivity contribution is -0.152. The third-order valence-electron chi connectivity index (χ3n) is 5.59. The van der Waals surface area contributed by atoms with Crippen molar-refractivity contribution in [1.29, 1.82) is 0 Å². The molecule has 7 heteroatoms. The number of para-hydroxylation sites is 1. The van der Waals surface area contributed by atoms with Crippen molar-refractivity contribution in [3.8, 4) is 5.75 Å². The van der Waals surface area contributed by atoms with E-state index >= 15 is 0 Å². The Morgan fingerprint density at radius 3 is 2.33 bits per heavy atom. The summed E-state index contributed by atoms with van der Waals surface area (Å²) in [5.74, 6) is -3.87. The molecule has 2 aliphatic heterocycles. The topological polar surface area (TPSA) is 107 Å². The molecule has 7 nitrogen and oxygen atoms in total. The Bertz CT molecular complexity index is 790. The number of benzene rings is 1. The number of carboxylic acids is 1. The van der Waals surface area contributed by atoms with Crippen molar-refractivity contribution in [2.75, 3.05) is 0 Å². The van der Waals surface area contributed by atoms with E-state index < -0.39 is 35.3 Å². The van der Waals surface area contributed by atoms with Gasteiger partial charge in [0, 0.05) is 17.6 Å². The SMILES string of the molecule is CC(C)C[C@]1(C(=O)O)N[C@H](c2ccccc2O)[C@H]2C(=O)N(C(C)C)C(=O)[C@H]21. The Kier molecular flexibility index (Phi) is 4.76. The number of fused-ring (bicyclic) bond motifs is 1. The molecule has 1 aromatic rings. The van der Waals surface area contributed by atoms with Crippen molar-refractivity contribution in [2.24, 2.45) is 17.8 Å². The van der Waals surface area contributed by atoms with E-state index in [1.165, 1.54) is 11.0 Å². The summed E-state index contributed by atoms with van der Waals surface area (Å²) < 4.78 is 0. The highest BCUT2D eigenvalue weighted by molar-refractivity contribution is 6.09. The van der Waals surface area contributed by atoms with Gasteiger partial charge < -0.3 is 10.2 Å². The van der Waals surface area contributed by atoms with Crippen LogP contribution in [0.1, 0.15) is 45.7 Å². The van der Waals surface area contributed by atoms with Gasteiger partial charge in [-0.3, -0.25) is 24.6 Å². The summed E-state index contributed by atoms with van der Waals surface area (Å²) in [7, 11) is 0. The van der Waals surface area contributed by atoms with E-state index in [0.717, 1.165) is 0 Å². The number of aliphatic carboxylic acids is 1. The molecule has 2 amide bonds. The van der Waals surface area contributed by atoms with E-state index in [-0.39, 0.29) is 30.0 Å². The summed E-state index contributed by atoms with van der Waals surface area (Å²) in [5.41, 5.74) is -1.12. The molecule has 2 saturated heterocycles. The fraction of sp³-hybridized carbons (Fsp3) is 0.550. The van der Waals surface area contributed by atoms with Crippen LogP contribution in [0.5, 0.6) is 5.75 Å². The number of carboxylic acid groups (broad SMARTS) is 1. The van der Waals surface area contributed by atoms with Crippen molar-refractivity contribution in [2.45, 2.75) is 51.7 Å². The van der Waals surface area contributed by atoms with E-state index in [1.54, 1.807) is 32.0 Å². The molecule has 4 atom stereocenters. The van der Waals surface area contributed by atoms with Crippen molar-refractivity contribution in [3.63, 3.8) is 0 Å². The second kappa shape index (κ2) is 6.64. The van der Waals surface area contributed by atoms with E-state index in [1.807, 2.05) is 13.8 Å². The first-order chi connectivity index (χ1) is 12.6. The second-order valence-electron chi connectivity index (χ2n) is 8.20. The smallest absolute Gasteiger partial charge is 0.324 e. The number of phenolic OH excluding ortho intramolecular Hbond substituents is 1. The van der Waals surface area contributed by atoms with Crippen molar-refractivity contribution in [3.05, 3.63) is 29.8 Å². The molecule has 146 valence electrons. The highest BCUT2D eigenvalue weighted by Crippen LogP contribution is 2.52. The van der Waals surface area contributed by atoms with Crippen LogP contribution < -0.4 is 5.32 Å². The number of nitrogens with one attached hydrogen (secondary N) is 1. The van der Waals surface area contributed by atoms with E-state index in [4.69, 9.17) is 0 Å². The number of likely N-dealkylation sites (tertiary alicyclic amines) is 1. The molecular weight excluding hydrogens is 348 g/mol. The molecule has 0 saturated carbocycles. The molecular formula is C20H26N2O5. The normalized spacial score (nSPS) is 30.4. The lowest BCUT2D eigenvalue weighted by Gasteiger charge is -2.33. The average molecular weight is 374 g/mol. The van der Waals surface area contributed by atoms with E-state index in [9.17, 15) is 24.6 Å². The molecule has 0 unspecified atom stereocenters. The molecule has 3 N–H and O–H groups in total. The number of rotatable bonds is 5. The molecule has 2 fully saturated rings. The van der Waals surface area contributed by atoms with Crippen molar-refractivity contribution >= 4 is 17.8 Å². The Labute approximate surface area is 158 Å². The summed E-state index contributed by atoms with van der Waals surface area (Å²) in [6, 6.07) is 5.43. The highest BCUT2D eigenvalue weighted by Gasteiger charge is 2.68. The van der Waals surface area contributed by atoms with Crippen LogP contribution in [0, 0.1) is 17.8 Å². The number of phenols is 1. The Morgan fingerprint density at radius 1 is 1.19 bits per heavy atom. The molecule has 0 bridgehead atoms. The molecule has 0 radical (unpaired) electrons. The second-order valence-corrected chi connectivity index (χ2v) is 8.20. The third-order valence-corrected chi connectivity index (χ3v) is 5.59. The lowest BCUT2D eigenvalue weighted by Crippen LogP contribution is -2.56. The number of amides is 2. The zero-order chi connectivity index (χ0) is 20.1. The van der Waals surface area contributed by atoms with Crippen molar-refractivity contribution < 1.29 is 24.6 Å². The molecule has 2 heterocycles. The molecule has 3 rings (SSSR count). The van der Waals surface area contributed by atoms with Gasteiger partial charge in [-0.2, -0.15) is 0 Å². The van der Waals surface area contributed by atoms with E-state index in [0.29, 0.717) is 5.56 Å². The van der Waals surface area contributed by atoms with Gasteiger partial charge in [0.1, 0.15) is 11.3 Å². The van der Waals surface area contributed by atoms with Gasteiger partial charge in [-0.05, 0) is 32.3 Å². The predicted molar refractivity (Wildman–Crippen MR) is 97.8 cm³/mol. The molecule has 0 spiro atoms. The van der Waals surface area contributed by atoms with Gasteiger partial charge in [-0.25, -0.2) is 0 Å². The largest absolute Gasteiger partial charge is 0.508 e.